The smallest absolute Gasteiger partial charge is 0.352 e. The molecule has 0 bridgehead atoms. The number of esters is 1. The van der Waals surface area contributed by atoms with E-state index in [1.54, 1.807) is 0 Å². The molecule has 2 aliphatic rings. The van der Waals surface area contributed by atoms with Gasteiger partial charge in [0.2, 0.25) is 5.91 Å². The maximum absolute atomic E-state index is 12.2. The lowest BCUT2D eigenvalue weighted by Gasteiger charge is -2.49. The minimum atomic E-state index is -1.25. The third kappa shape index (κ3) is 3.49. The van der Waals surface area contributed by atoms with Gasteiger partial charge in [0.25, 0.3) is 5.91 Å². The van der Waals surface area contributed by atoms with E-state index >= 15 is 0 Å². The molecular formula is C14H18N2O6S. The van der Waals surface area contributed by atoms with Crippen LogP contribution in [0.15, 0.2) is 11.3 Å². The van der Waals surface area contributed by atoms with Gasteiger partial charge in [0.1, 0.15) is 23.7 Å². The Balaban J connectivity index is 2.14. The highest BCUT2D eigenvalue weighted by atomic mass is 32.2. The van der Waals surface area contributed by atoms with Crippen LogP contribution in [0.3, 0.4) is 0 Å². The monoisotopic (exact) mass is 342 g/mol. The van der Waals surface area contributed by atoms with Crippen molar-refractivity contribution in [3.05, 3.63) is 11.3 Å². The van der Waals surface area contributed by atoms with Crippen molar-refractivity contribution >= 4 is 35.5 Å². The number of β-lactam (4-membered cyclic amide) rings is 1. The number of hydrogen-bond acceptors (Lipinski definition) is 6. The molecule has 2 N–H and O–H groups in total. The molecule has 0 aliphatic carbocycles. The fourth-order valence-corrected chi connectivity index (χ4v) is 3.78. The Morgan fingerprint density at radius 1 is 1.43 bits per heavy atom. The first-order valence-electron chi connectivity index (χ1n) is 7.19. The predicted molar refractivity (Wildman–Crippen MR) is 81.2 cm³/mol. The van der Waals surface area contributed by atoms with Crippen molar-refractivity contribution in [2.75, 3.05) is 12.4 Å². The van der Waals surface area contributed by atoms with Crippen molar-refractivity contribution in [2.45, 2.75) is 38.1 Å². The van der Waals surface area contributed by atoms with E-state index in [0.29, 0.717) is 24.2 Å². The van der Waals surface area contributed by atoms with Gasteiger partial charge in [-0.15, -0.1) is 11.8 Å². The van der Waals surface area contributed by atoms with Crippen LogP contribution in [0.25, 0.3) is 0 Å². The lowest BCUT2D eigenvalue weighted by Crippen LogP contribution is -2.70. The molecule has 126 valence electrons. The number of carboxylic acids is 1. The number of nitrogens with zero attached hydrogens (tertiary/aromatic N) is 1. The van der Waals surface area contributed by atoms with Gasteiger partial charge < -0.3 is 15.2 Å². The topological polar surface area (TPSA) is 113 Å². The largest absolute Gasteiger partial charge is 0.477 e. The average Bonchev–Trinajstić information content (AvgIpc) is 2.49. The third-order valence-electron chi connectivity index (χ3n) is 3.49. The molecule has 0 unspecified atom stereocenters. The molecule has 1 saturated heterocycles. The quantitative estimate of drug-likeness (QED) is 0.519. The summed E-state index contributed by atoms with van der Waals surface area (Å²) in [5, 5.41) is 11.6. The molecule has 1 fully saturated rings. The number of fused-ring (bicyclic) bond motifs is 1. The molecule has 0 radical (unpaired) electrons. The van der Waals surface area contributed by atoms with Crippen LogP contribution in [-0.4, -0.2) is 57.5 Å². The van der Waals surface area contributed by atoms with Crippen molar-refractivity contribution in [2.24, 2.45) is 0 Å². The maximum atomic E-state index is 12.2. The first-order chi connectivity index (χ1) is 10.9. The van der Waals surface area contributed by atoms with E-state index in [1.807, 2.05) is 6.92 Å². The van der Waals surface area contributed by atoms with E-state index in [-0.39, 0.29) is 18.2 Å². The van der Waals surface area contributed by atoms with Gasteiger partial charge in [0, 0.05) is 24.7 Å². The second-order valence-corrected chi connectivity index (χ2v) is 6.35. The van der Waals surface area contributed by atoms with Gasteiger partial charge in [-0.05, 0) is 6.42 Å². The van der Waals surface area contributed by atoms with Crippen molar-refractivity contribution in [1.29, 1.82) is 0 Å². The predicted octanol–water partition coefficient (Wildman–Crippen LogP) is 0.0882. The van der Waals surface area contributed by atoms with Crippen LogP contribution in [0.4, 0.5) is 0 Å². The van der Waals surface area contributed by atoms with E-state index < -0.39 is 29.3 Å². The zero-order chi connectivity index (χ0) is 17.1. The maximum Gasteiger partial charge on any atom is 0.352 e. The van der Waals surface area contributed by atoms with Crippen LogP contribution in [0, 0.1) is 0 Å². The van der Waals surface area contributed by atoms with Gasteiger partial charge >= 0.3 is 11.9 Å². The molecule has 9 heteroatoms. The summed E-state index contributed by atoms with van der Waals surface area (Å²) in [6.07, 6.45) is 0.988. The second-order valence-electron chi connectivity index (χ2n) is 5.24. The van der Waals surface area contributed by atoms with E-state index in [2.05, 4.69) is 5.32 Å². The van der Waals surface area contributed by atoms with Gasteiger partial charge in [0.15, 0.2) is 0 Å². The molecule has 0 aromatic rings. The lowest BCUT2D eigenvalue weighted by molar-refractivity contribution is -0.151. The summed E-state index contributed by atoms with van der Waals surface area (Å²) in [7, 11) is 0. The summed E-state index contributed by atoms with van der Waals surface area (Å²) in [4.78, 5) is 47.4. The molecule has 8 nitrogen and oxygen atoms in total. The van der Waals surface area contributed by atoms with Crippen LogP contribution >= 0.6 is 11.8 Å². The van der Waals surface area contributed by atoms with Gasteiger partial charge in [-0.3, -0.25) is 19.3 Å². The molecule has 2 amide bonds. The van der Waals surface area contributed by atoms with E-state index in [9.17, 15) is 24.3 Å². The minimum absolute atomic E-state index is 0.152. The Bertz CT molecular complexity index is 588. The fraction of sp³-hybridized carbons (Fsp3) is 0.571. The number of thioether (sulfide) groups is 1. The summed E-state index contributed by atoms with van der Waals surface area (Å²) >= 11 is 1.34. The molecule has 2 aliphatic heterocycles. The number of rotatable bonds is 6. The fourth-order valence-electron chi connectivity index (χ4n) is 2.46. The number of aliphatic carboxylic acids is 1. The van der Waals surface area contributed by atoms with Gasteiger partial charge in [-0.2, -0.15) is 0 Å². The molecule has 2 atom stereocenters. The Hall–Kier alpha value is -2.03. The van der Waals surface area contributed by atoms with Crippen LogP contribution in [0.5, 0.6) is 0 Å². The molecule has 0 aromatic carbocycles. The first-order valence-corrected chi connectivity index (χ1v) is 8.24. The highest BCUT2D eigenvalue weighted by Crippen LogP contribution is 2.40. The number of carbonyl (C=O) groups excluding carboxylic acids is 3. The minimum Gasteiger partial charge on any atom is -0.477 e. The van der Waals surface area contributed by atoms with Crippen LogP contribution < -0.4 is 5.32 Å². The molecule has 0 saturated carbocycles. The van der Waals surface area contributed by atoms with E-state index in [0.717, 1.165) is 4.90 Å². The van der Waals surface area contributed by atoms with Crippen molar-refractivity contribution in [3.8, 4) is 0 Å². The number of ether oxygens (including phenoxy) is 1. The normalized spacial score (nSPS) is 23.0. The summed E-state index contributed by atoms with van der Waals surface area (Å²) < 4.78 is 4.85. The van der Waals surface area contributed by atoms with Gasteiger partial charge in [0.05, 0.1) is 0 Å². The number of carboxylic acid groups (broad SMARTS) is 1. The zero-order valence-electron chi connectivity index (χ0n) is 12.8. The number of amides is 2. The summed E-state index contributed by atoms with van der Waals surface area (Å²) in [5.41, 5.74) is 0.224. The van der Waals surface area contributed by atoms with Crippen LogP contribution in [0.1, 0.15) is 26.7 Å². The summed E-state index contributed by atoms with van der Waals surface area (Å²) in [6, 6.07) is -0.705. The molecular weight excluding hydrogens is 324 g/mol. The van der Waals surface area contributed by atoms with Crippen molar-refractivity contribution < 1.29 is 29.0 Å². The molecule has 2 heterocycles. The standard InChI is InChI=1S/C14H18N2O6S/c1-3-4-9(18)15-10-12(19)16-11(14(20)21)8(5-22-7(2)17)6-23-13(10)16/h10,13H,3-6H2,1-2H3,(H,15,18)(H,20,21)/t10-,13+/m0/s1. The number of nitrogens with one attached hydrogen (secondary N) is 1. The molecule has 0 spiro atoms. The van der Waals surface area contributed by atoms with E-state index in [1.165, 1.54) is 18.7 Å². The Morgan fingerprint density at radius 3 is 2.70 bits per heavy atom. The highest BCUT2D eigenvalue weighted by molar-refractivity contribution is 8.00. The van der Waals surface area contributed by atoms with Gasteiger partial charge in [-0.25, -0.2) is 4.79 Å². The number of hydrogen-bond donors (Lipinski definition) is 2. The van der Waals surface area contributed by atoms with Crippen molar-refractivity contribution in [3.63, 3.8) is 0 Å². The van der Waals surface area contributed by atoms with E-state index in [4.69, 9.17) is 4.74 Å². The second kappa shape index (κ2) is 7.03. The average molecular weight is 342 g/mol. The molecule has 2 rings (SSSR count). The SMILES string of the molecule is CCCC(=O)N[C@H]1C(=O)N2C(C(=O)O)=C(COC(C)=O)CS[C@H]12. The lowest BCUT2D eigenvalue weighted by atomic mass is 10.0. The molecule has 23 heavy (non-hydrogen) atoms. The molecule has 0 aromatic heterocycles. The summed E-state index contributed by atoms with van der Waals surface area (Å²) in [6.45, 7) is 2.93. The Kier molecular flexibility index (Phi) is 5.30. The highest BCUT2D eigenvalue weighted by Gasteiger charge is 2.54. The zero-order valence-corrected chi connectivity index (χ0v) is 13.6. The Morgan fingerprint density at radius 2 is 2.13 bits per heavy atom. The van der Waals surface area contributed by atoms with Gasteiger partial charge in [-0.1, -0.05) is 6.92 Å². The first kappa shape index (κ1) is 17.3. The third-order valence-corrected chi connectivity index (χ3v) is 4.83. The summed E-state index contributed by atoms with van der Waals surface area (Å²) in [5.74, 6) is -2.12. The van der Waals surface area contributed by atoms with Crippen molar-refractivity contribution in [1.82, 2.24) is 10.2 Å². The Labute approximate surface area is 137 Å². The van der Waals surface area contributed by atoms with Crippen LogP contribution in [0.2, 0.25) is 0 Å². The van der Waals surface area contributed by atoms with Crippen LogP contribution in [-0.2, 0) is 23.9 Å². The number of carbonyl (C=O) groups is 4.